The van der Waals surface area contributed by atoms with Crippen LogP contribution in [0.25, 0.3) is 6.08 Å². The minimum Gasteiger partial charge on any atom is -0.348 e. The van der Waals surface area contributed by atoms with Crippen LogP contribution in [0.1, 0.15) is 32.6 Å². The second-order valence-corrected chi connectivity index (χ2v) is 8.89. The Morgan fingerprint density at radius 1 is 0.944 bits per heavy atom. The molecule has 5 nitrogen and oxygen atoms in total. The summed E-state index contributed by atoms with van der Waals surface area (Å²) in [5, 5.41) is 2.10. The Labute approximate surface area is 207 Å². The van der Waals surface area contributed by atoms with Crippen molar-refractivity contribution < 1.29 is 31.9 Å². The molecule has 0 radical (unpaired) electrons. The number of nitrogens with one attached hydrogen (secondary N) is 1. The van der Waals surface area contributed by atoms with Gasteiger partial charge in [-0.2, -0.15) is 13.2 Å². The number of alkyl halides is 3. The van der Waals surface area contributed by atoms with E-state index in [-0.39, 0.29) is 23.6 Å². The Morgan fingerprint density at radius 3 is 2.33 bits per heavy atom. The van der Waals surface area contributed by atoms with E-state index in [0.29, 0.717) is 16.7 Å². The third-order valence-corrected chi connectivity index (χ3v) is 6.19. The SMILES string of the molecule is O=C(NCc1cccc(C(F)(F)F)c1)c1ccc(/C=C2\SC(=O)N(Cc3cccc(F)c3)C2=O)cc1. The zero-order valence-electron chi connectivity index (χ0n) is 18.5. The van der Waals surface area contributed by atoms with E-state index in [1.54, 1.807) is 18.2 Å². The topological polar surface area (TPSA) is 66.5 Å². The van der Waals surface area contributed by atoms with Gasteiger partial charge < -0.3 is 5.32 Å². The van der Waals surface area contributed by atoms with E-state index in [9.17, 15) is 31.9 Å². The molecule has 3 aromatic carbocycles. The lowest BCUT2D eigenvalue weighted by Crippen LogP contribution is -2.27. The number of carbonyl (C=O) groups excluding carboxylic acids is 3. The van der Waals surface area contributed by atoms with Gasteiger partial charge in [0.1, 0.15) is 5.82 Å². The Kier molecular flexibility index (Phi) is 7.25. The van der Waals surface area contributed by atoms with E-state index in [4.69, 9.17) is 0 Å². The zero-order valence-corrected chi connectivity index (χ0v) is 19.3. The predicted molar refractivity (Wildman–Crippen MR) is 127 cm³/mol. The van der Waals surface area contributed by atoms with Gasteiger partial charge in [-0.25, -0.2) is 4.39 Å². The van der Waals surface area contributed by atoms with Gasteiger partial charge in [0, 0.05) is 12.1 Å². The van der Waals surface area contributed by atoms with E-state index in [2.05, 4.69) is 5.32 Å². The maximum absolute atomic E-state index is 13.4. The minimum absolute atomic E-state index is 0.0508. The Hall–Kier alpha value is -3.92. The molecule has 0 aromatic heterocycles. The molecular formula is C26H18F4N2O3S. The first-order valence-electron chi connectivity index (χ1n) is 10.6. The molecule has 0 atom stereocenters. The van der Waals surface area contributed by atoms with E-state index < -0.39 is 34.6 Å². The van der Waals surface area contributed by atoms with Crippen molar-refractivity contribution in [3.63, 3.8) is 0 Å². The summed E-state index contributed by atoms with van der Waals surface area (Å²) in [6.45, 7) is -0.131. The normalized spacial score (nSPS) is 15.0. The van der Waals surface area contributed by atoms with Crippen LogP contribution < -0.4 is 5.32 Å². The molecule has 3 aromatic rings. The van der Waals surface area contributed by atoms with Crippen LogP contribution in [-0.2, 0) is 24.1 Å². The molecule has 1 aliphatic heterocycles. The third-order valence-electron chi connectivity index (χ3n) is 5.28. The second kappa shape index (κ2) is 10.4. The van der Waals surface area contributed by atoms with Crippen LogP contribution >= 0.6 is 11.8 Å². The van der Waals surface area contributed by atoms with Gasteiger partial charge >= 0.3 is 6.18 Å². The second-order valence-electron chi connectivity index (χ2n) is 7.90. The lowest BCUT2D eigenvalue weighted by Gasteiger charge is -2.12. The van der Waals surface area contributed by atoms with Crippen molar-refractivity contribution >= 4 is 34.9 Å². The first-order chi connectivity index (χ1) is 17.1. The van der Waals surface area contributed by atoms with Crippen molar-refractivity contribution in [2.24, 2.45) is 0 Å². The van der Waals surface area contributed by atoms with Gasteiger partial charge in [0.2, 0.25) is 0 Å². The number of halogens is 4. The molecule has 1 heterocycles. The first-order valence-corrected chi connectivity index (χ1v) is 11.5. The number of benzene rings is 3. The molecule has 0 aliphatic carbocycles. The molecule has 0 saturated carbocycles. The van der Waals surface area contributed by atoms with Crippen molar-refractivity contribution in [2.45, 2.75) is 19.3 Å². The molecule has 3 amide bonds. The summed E-state index contributed by atoms with van der Waals surface area (Å²) in [7, 11) is 0. The van der Waals surface area contributed by atoms with Crippen molar-refractivity contribution in [1.82, 2.24) is 10.2 Å². The van der Waals surface area contributed by atoms with Crippen molar-refractivity contribution in [3.8, 4) is 0 Å². The molecule has 1 fully saturated rings. The largest absolute Gasteiger partial charge is 0.416 e. The molecule has 1 aliphatic rings. The summed E-state index contributed by atoms with van der Waals surface area (Å²) in [4.78, 5) is 38.6. The molecule has 1 saturated heterocycles. The molecule has 10 heteroatoms. The molecule has 1 N–H and O–H groups in total. The van der Waals surface area contributed by atoms with Crippen molar-refractivity contribution in [1.29, 1.82) is 0 Å². The standard InChI is InChI=1S/C26H18F4N2O3S/c27-21-6-2-4-18(12-21)15-32-24(34)22(36-25(32)35)13-16-7-9-19(10-8-16)23(33)31-14-17-3-1-5-20(11-17)26(28,29)30/h1-13H,14-15H2,(H,31,33)/b22-13-. The monoisotopic (exact) mass is 514 g/mol. The molecule has 4 rings (SSSR count). The average Bonchev–Trinajstić information content (AvgIpc) is 3.10. The van der Waals surface area contributed by atoms with Gasteiger partial charge in [-0.1, -0.05) is 36.4 Å². The maximum atomic E-state index is 13.4. The molecular weight excluding hydrogens is 496 g/mol. The number of hydrogen-bond acceptors (Lipinski definition) is 4. The first kappa shape index (κ1) is 25.2. The number of hydrogen-bond donors (Lipinski definition) is 1. The van der Waals surface area contributed by atoms with Gasteiger partial charge in [-0.15, -0.1) is 0 Å². The van der Waals surface area contributed by atoms with Crippen LogP contribution in [-0.4, -0.2) is 22.0 Å². The van der Waals surface area contributed by atoms with Crippen LogP contribution in [0.3, 0.4) is 0 Å². The number of carbonyl (C=O) groups is 3. The highest BCUT2D eigenvalue weighted by Gasteiger charge is 2.35. The summed E-state index contributed by atoms with van der Waals surface area (Å²) < 4.78 is 51.9. The van der Waals surface area contributed by atoms with Crippen LogP contribution in [0, 0.1) is 5.82 Å². The number of imide groups is 1. The van der Waals surface area contributed by atoms with E-state index in [1.807, 2.05) is 0 Å². The molecule has 184 valence electrons. The fraction of sp³-hybridized carbons (Fsp3) is 0.115. The Morgan fingerprint density at radius 2 is 1.64 bits per heavy atom. The van der Waals surface area contributed by atoms with Gasteiger partial charge in [0.25, 0.3) is 17.1 Å². The highest BCUT2D eigenvalue weighted by Crippen LogP contribution is 2.33. The minimum atomic E-state index is -4.47. The molecule has 36 heavy (non-hydrogen) atoms. The maximum Gasteiger partial charge on any atom is 0.416 e. The van der Waals surface area contributed by atoms with Gasteiger partial charge in [-0.05, 0) is 70.9 Å². The quantitative estimate of drug-likeness (QED) is 0.323. The predicted octanol–water partition coefficient (Wildman–Crippen LogP) is 6.01. The highest BCUT2D eigenvalue weighted by atomic mass is 32.2. The van der Waals surface area contributed by atoms with Crippen molar-refractivity contribution in [2.75, 3.05) is 0 Å². The van der Waals surface area contributed by atoms with Gasteiger partial charge in [0.05, 0.1) is 17.0 Å². The smallest absolute Gasteiger partial charge is 0.348 e. The summed E-state index contributed by atoms with van der Waals surface area (Å²) in [6, 6.07) is 16.5. The number of thioether (sulfide) groups is 1. The fourth-order valence-electron chi connectivity index (χ4n) is 3.48. The number of nitrogens with zero attached hydrogens (tertiary/aromatic N) is 1. The van der Waals surface area contributed by atoms with Crippen LogP contribution in [0.4, 0.5) is 22.4 Å². The van der Waals surface area contributed by atoms with Crippen LogP contribution in [0.15, 0.2) is 77.7 Å². The summed E-state index contributed by atoms with van der Waals surface area (Å²) in [5.41, 5.74) is 0.848. The fourth-order valence-corrected chi connectivity index (χ4v) is 4.32. The van der Waals surface area contributed by atoms with Crippen LogP contribution in [0.5, 0.6) is 0 Å². The molecule has 0 spiro atoms. The van der Waals surface area contributed by atoms with E-state index >= 15 is 0 Å². The lowest BCUT2D eigenvalue weighted by atomic mass is 10.1. The summed E-state index contributed by atoms with van der Waals surface area (Å²) in [6.07, 6.45) is -2.95. The summed E-state index contributed by atoms with van der Waals surface area (Å²) >= 11 is 0.765. The average molecular weight is 515 g/mol. The lowest BCUT2D eigenvalue weighted by molar-refractivity contribution is -0.137. The Balaban J connectivity index is 1.39. The zero-order chi connectivity index (χ0) is 25.9. The molecule has 0 unspecified atom stereocenters. The third kappa shape index (κ3) is 6.01. The molecule has 0 bridgehead atoms. The van der Waals surface area contributed by atoms with Crippen LogP contribution in [0.2, 0.25) is 0 Å². The van der Waals surface area contributed by atoms with Gasteiger partial charge in [0.15, 0.2) is 0 Å². The summed E-state index contributed by atoms with van der Waals surface area (Å²) in [5.74, 6) is -1.44. The highest BCUT2D eigenvalue weighted by molar-refractivity contribution is 8.18. The van der Waals surface area contributed by atoms with E-state index in [1.165, 1.54) is 48.5 Å². The Bertz CT molecular complexity index is 1350. The van der Waals surface area contributed by atoms with Crippen molar-refractivity contribution in [3.05, 3.63) is 111 Å². The van der Waals surface area contributed by atoms with E-state index in [0.717, 1.165) is 28.8 Å². The van der Waals surface area contributed by atoms with Gasteiger partial charge in [-0.3, -0.25) is 19.3 Å². The number of rotatable bonds is 6. The number of amides is 3.